The van der Waals surface area contributed by atoms with Gasteiger partial charge in [0.2, 0.25) is 0 Å². The van der Waals surface area contributed by atoms with E-state index in [4.69, 9.17) is 9.84 Å². The number of nitrogens with one attached hydrogen (secondary N) is 1. The van der Waals surface area contributed by atoms with Gasteiger partial charge in [0.1, 0.15) is 5.75 Å². The summed E-state index contributed by atoms with van der Waals surface area (Å²) in [4.78, 5) is 12.3. The van der Waals surface area contributed by atoms with Gasteiger partial charge in [-0.3, -0.25) is 0 Å². The van der Waals surface area contributed by atoms with Crippen molar-refractivity contribution in [3.05, 3.63) is 44.6 Å². The maximum absolute atomic E-state index is 11.2. The van der Waals surface area contributed by atoms with Gasteiger partial charge in [0.15, 0.2) is 0 Å². The topological polar surface area (TPSA) is 58.6 Å². The van der Waals surface area contributed by atoms with Crippen molar-refractivity contribution in [1.82, 2.24) is 0 Å². The third kappa shape index (κ3) is 3.48. The van der Waals surface area contributed by atoms with Crippen LogP contribution >= 0.6 is 27.3 Å². The van der Waals surface area contributed by atoms with Crippen molar-refractivity contribution < 1.29 is 14.6 Å². The molecule has 0 bridgehead atoms. The van der Waals surface area contributed by atoms with Crippen molar-refractivity contribution in [2.24, 2.45) is 0 Å². The van der Waals surface area contributed by atoms with E-state index in [0.29, 0.717) is 18.0 Å². The molecule has 1 heterocycles. The van der Waals surface area contributed by atoms with Crippen LogP contribution in [-0.4, -0.2) is 18.2 Å². The molecular weight excluding hydrogens is 330 g/mol. The number of hydrogen-bond donors (Lipinski definition) is 2. The Labute approximate surface area is 123 Å². The van der Waals surface area contributed by atoms with Gasteiger partial charge in [0, 0.05) is 27.3 Å². The first kappa shape index (κ1) is 13.9. The maximum Gasteiger partial charge on any atom is 0.337 e. The van der Waals surface area contributed by atoms with Gasteiger partial charge < -0.3 is 15.2 Å². The summed E-state index contributed by atoms with van der Waals surface area (Å²) in [6.45, 7) is 0.573. The zero-order chi connectivity index (χ0) is 13.8. The van der Waals surface area contributed by atoms with Crippen LogP contribution in [0.4, 0.5) is 5.69 Å². The molecule has 0 spiro atoms. The highest BCUT2D eigenvalue weighted by molar-refractivity contribution is 9.10. The Morgan fingerprint density at radius 3 is 2.84 bits per heavy atom. The molecule has 0 aliphatic carbocycles. The number of carbonyl (C=O) groups is 1. The van der Waals surface area contributed by atoms with E-state index in [1.54, 1.807) is 30.6 Å². The van der Waals surface area contributed by atoms with Crippen molar-refractivity contribution in [2.45, 2.75) is 6.54 Å². The summed E-state index contributed by atoms with van der Waals surface area (Å²) < 4.78 is 6.13. The van der Waals surface area contributed by atoms with Crippen LogP contribution in [0.25, 0.3) is 0 Å². The first-order valence-electron chi connectivity index (χ1n) is 5.48. The fraction of sp³-hybridized carbons (Fsp3) is 0.154. The zero-order valence-electron chi connectivity index (χ0n) is 10.1. The van der Waals surface area contributed by atoms with Crippen LogP contribution in [0, 0.1) is 0 Å². The van der Waals surface area contributed by atoms with Crippen LogP contribution in [0.2, 0.25) is 0 Å². The third-order valence-electron chi connectivity index (χ3n) is 2.53. The van der Waals surface area contributed by atoms with Crippen LogP contribution in [-0.2, 0) is 6.54 Å². The quantitative estimate of drug-likeness (QED) is 0.867. The molecule has 2 rings (SSSR count). The smallest absolute Gasteiger partial charge is 0.337 e. The Hall–Kier alpha value is -1.53. The third-order valence-corrected chi connectivity index (χ3v) is 4.23. The average molecular weight is 342 g/mol. The number of carboxylic acid groups (broad SMARTS) is 1. The summed E-state index contributed by atoms with van der Waals surface area (Å²) in [5.41, 5.74) is 0.785. The van der Waals surface area contributed by atoms with Gasteiger partial charge in [-0.25, -0.2) is 4.79 Å². The van der Waals surface area contributed by atoms with Crippen molar-refractivity contribution in [1.29, 1.82) is 0 Å². The molecule has 100 valence electrons. The lowest BCUT2D eigenvalue weighted by molar-refractivity contribution is 0.0698. The molecular formula is C13H12BrNO3S. The van der Waals surface area contributed by atoms with Crippen molar-refractivity contribution in [3.63, 3.8) is 0 Å². The molecule has 6 heteroatoms. The fourth-order valence-electron chi connectivity index (χ4n) is 1.61. The second-order valence-corrected chi connectivity index (χ2v) is 5.71. The second-order valence-electron chi connectivity index (χ2n) is 3.80. The monoisotopic (exact) mass is 341 g/mol. The molecule has 0 saturated carbocycles. The molecule has 0 atom stereocenters. The van der Waals surface area contributed by atoms with Crippen molar-refractivity contribution >= 4 is 38.9 Å². The number of thiophene rings is 1. The number of benzene rings is 1. The van der Waals surface area contributed by atoms with E-state index in [2.05, 4.69) is 21.2 Å². The summed E-state index contributed by atoms with van der Waals surface area (Å²) in [7, 11) is 1.55. The predicted molar refractivity (Wildman–Crippen MR) is 79.3 cm³/mol. The Kier molecular flexibility index (Phi) is 4.44. The molecule has 0 radical (unpaired) electrons. The van der Waals surface area contributed by atoms with Gasteiger partial charge in [-0.05, 0) is 34.1 Å². The van der Waals surface area contributed by atoms with Gasteiger partial charge in [-0.1, -0.05) is 0 Å². The number of halogens is 1. The summed E-state index contributed by atoms with van der Waals surface area (Å²) >= 11 is 4.99. The van der Waals surface area contributed by atoms with E-state index < -0.39 is 5.97 Å². The van der Waals surface area contributed by atoms with E-state index >= 15 is 0 Å². The van der Waals surface area contributed by atoms with E-state index in [9.17, 15) is 4.79 Å². The lowest BCUT2D eigenvalue weighted by Gasteiger charge is -2.10. The average Bonchev–Trinajstić information content (AvgIpc) is 2.81. The van der Waals surface area contributed by atoms with E-state index in [0.717, 1.165) is 9.35 Å². The van der Waals surface area contributed by atoms with Gasteiger partial charge in [0.25, 0.3) is 0 Å². The lowest BCUT2D eigenvalue weighted by Crippen LogP contribution is -2.06. The summed E-state index contributed by atoms with van der Waals surface area (Å²) in [6, 6.07) is 6.86. The van der Waals surface area contributed by atoms with Crippen molar-refractivity contribution in [2.75, 3.05) is 12.4 Å². The minimum atomic E-state index is -0.961. The highest BCUT2D eigenvalue weighted by atomic mass is 79.9. The first-order valence-corrected chi connectivity index (χ1v) is 7.15. The molecule has 1 aromatic carbocycles. The highest BCUT2D eigenvalue weighted by Gasteiger charge is 2.11. The van der Waals surface area contributed by atoms with Crippen LogP contribution in [0.1, 0.15) is 15.2 Å². The summed E-state index contributed by atoms with van der Waals surface area (Å²) in [6.07, 6.45) is 0. The van der Waals surface area contributed by atoms with Gasteiger partial charge in [0.05, 0.1) is 18.4 Å². The molecule has 0 unspecified atom stereocenters. The van der Waals surface area contributed by atoms with Gasteiger partial charge >= 0.3 is 5.97 Å². The largest absolute Gasteiger partial charge is 0.497 e. The Morgan fingerprint density at radius 1 is 1.47 bits per heavy atom. The molecule has 0 aliphatic rings. The van der Waals surface area contributed by atoms with Crippen LogP contribution in [0.5, 0.6) is 5.75 Å². The standard InChI is InChI=1S/C13H12BrNO3S/c1-18-9-2-3-11(13(16)17)12(5-9)15-6-10-4-8(14)7-19-10/h2-5,7,15H,6H2,1H3,(H,16,17). The molecule has 0 fully saturated rings. The summed E-state index contributed by atoms with van der Waals surface area (Å²) in [5.74, 6) is -0.336. The normalized spacial score (nSPS) is 10.2. The Balaban J connectivity index is 2.19. The zero-order valence-corrected chi connectivity index (χ0v) is 12.5. The Morgan fingerprint density at radius 2 is 2.26 bits per heavy atom. The minimum Gasteiger partial charge on any atom is -0.497 e. The van der Waals surface area contributed by atoms with E-state index in [1.165, 1.54) is 6.07 Å². The van der Waals surface area contributed by atoms with Crippen molar-refractivity contribution in [3.8, 4) is 5.75 Å². The minimum absolute atomic E-state index is 0.233. The predicted octanol–water partition coefficient (Wildman–Crippen LogP) is 3.83. The number of carboxylic acids is 1. The molecule has 0 saturated heterocycles. The SMILES string of the molecule is COc1ccc(C(=O)O)c(NCc2cc(Br)cs2)c1. The highest BCUT2D eigenvalue weighted by Crippen LogP contribution is 2.25. The molecule has 19 heavy (non-hydrogen) atoms. The Bertz CT molecular complexity index is 597. The first-order chi connectivity index (χ1) is 9.10. The number of hydrogen-bond acceptors (Lipinski definition) is 4. The number of methoxy groups -OCH3 is 1. The molecule has 0 aliphatic heterocycles. The fourth-order valence-corrected chi connectivity index (χ4v) is 3.00. The number of aromatic carboxylic acids is 1. The second kappa shape index (κ2) is 6.08. The lowest BCUT2D eigenvalue weighted by atomic mass is 10.1. The van der Waals surface area contributed by atoms with Crippen LogP contribution < -0.4 is 10.1 Å². The maximum atomic E-state index is 11.2. The number of ether oxygens (including phenoxy) is 1. The van der Waals surface area contributed by atoms with E-state index in [-0.39, 0.29) is 5.56 Å². The molecule has 2 N–H and O–H groups in total. The van der Waals surface area contributed by atoms with Crippen LogP contribution in [0.3, 0.4) is 0 Å². The molecule has 4 nitrogen and oxygen atoms in total. The van der Waals surface area contributed by atoms with E-state index in [1.807, 2.05) is 11.4 Å². The van der Waals surface area contributed by atoms with Gasteiger partial charge in [-0.15, -0.1) is 11.3 Å². The number of rotatable bonds is 5. The molecule has 0 amide bonds. The number of anilines is 1. The van der Waals surface area contributed by atoms with Crippen LogP contribution in [0.15, 0.2) is 34.1 Å². The summed E-state index contributed by atoms with van der Waals surface area (Å²) in [5, 5.41) is 14.3. The molecule has 1 aromatic heterocycles. The van der Waals surface area contributed by atoms with Gasteiger partial charge in [-0.2, -0.15) is 0 Å². The molecule has 2 aromatic rings.